The van der Waals surface area contributed by atoms with Crippen LogP contribution in [0.25, 0.3) is 0 Å². The van der Waals surface area contributed by atoms with Crippen molar-refractivity contribution in [2.75, 3.05) is 0 Å². The van der Waals surface area contributed by atoms with Crippen LogP contribution in [-0.4, -0.2) is 22.4 Å². The molecule has 2 aliphatic carbocycles. The van der Waals surface area contributed by atoms with E-state index in [1.165, 1.54) is 33.4 Å². The summed E-state index contributed by atoms with van der Waals surface area (Å²) in [6.45, 7) is 21.6. The van der Waals surface area contributed by atoms with Gasteiger partial charge in [-0.1, -0.05) is 158 Å². The number of rotatable bonds is 10. The fourth-order valence-electron chi connectivity index (χ4n) is 6.16. The lowest BCUT2D eigenvalue weighted by atomic mass is 9.67. The van der Waals surface area contributed by atoms with Crippen LogP contribution in [0.15, 0.2) is 131 Å². The van der Waals surface area contributed by atoms with E-state index in [0.717, 1.165) is 12.8 Å². The lowest BCUT2D eigenvalue weighted by molar-refractivity contribution is 0.117. The summed E-state index contributed by atoms with van der Waals surface area (Å²) < 4.78 is 0. The molecule has 0 amide bonds. The summed E-state index contributed by atoms with van der Waals surface area (Å²) in [5, 5.41) is 20.1. The molecule has 0 aromatic heterocycles. The van der Waals surface area contributed by atoms with E-state index in [0.29, 0.717) is 11.8 Å². The van der Waals surface area contributed by atoms with Crippen LogP contribution in [0, 0.1) is 22.7 Å². The summed E-state index contributed by atoms with van der Waals surface area (Å²) in [7, 11) is 0. The Morgan fingerprint density at radius 2 is 0.881 bits per heavy atom. The Morgan fingerprint density at radius 3 is 1.21 bits per heavy atom. The van der Waals surface area contributed by atoms with Crippen LogP contribution in [-0.2, 0) is 0 Å². The molecule has 0 heterocycles. The molecule has 0 saturated heterocycles. The second-order valence-corrected chi connectivity index (χ2v) is 13.8. The van der Waals surface area contributed by atoms with E-state index in [1.807, 2.05) is 12.2 Å². The number of allylic oxidation sites excluding steroid dienone is 20. The smallest absolute Gasteiger partial charge is 0.0729 e. The molecule has 0 unspecified atom stereocenters. The van der Waals surface area contributed by atoms with Gasteiger partial charge in [-0.2, -0.15) is 0 Å². The maximum absolute atomic E-state index is 10.1. The standard InChI is InChI=1S/C40H56O2/c1-29(17-13-19-31(3)21-23-37-33(5)25-35(41)27-39(37,7)8)15-11-12-16-30(2)18-14-20-32(4)22-24-38-34(6)26-36(42)28-40(38,9)10/h11-26,35-38,41-42H,27-28H2,1-10H3/b12-11+,17-13+,18-14+,23-21+,24-22+,29-15+,30-16+,31-19+,32-20+/t35-,36+,37-,38-/m0/s1. The Kier molecular flexibility index (Phi) is 13.5. The maximum Gasteiger partial charge on any atom is 0.0729 e. The van der Waals surface area contributed by atoms with Crippen molar-refractivity contribution in [2.45, 2.75) is 94.3 Å². The molecule has 0 aliphatic heterocycles. The number of hydrogen-bond donors (Lipinski definition) is 2. The Morgan fingerprint density at radius 1 is 0.571 bits per heavy atom. The zero-order chi connectivity index (χ0) is 31.5. The van der Waals surface area contributed by atoms with Gasteiger partial charge in [0.15, 0.2) is 0 Å². The first kappa shape index (κ1) is 35.3. The summed E-state index contributed by atoms with van der Waals surface area (Å²) in [6, 6.07) is 0. The highest BCUT2D eigenvalue weighted by atomic mass is 16.3. The van der Waals surface area contributed by atoms with Crippen LogP contribution in [0.3, 0.4) is 0 Å². The molecular weight excluding hydrogens is 512 g/mol. The molecule has 0 radical (unpaired) electrons. The van der Waals surface area contributed by atoms with E-state index in [9.17, 15) is 10.2 Å². The molecule has 2 aliphatic rings. The molecule has 2 nitrogen and oxygen atoms in total. The monoisotopic (exact) mass is 568 g/mol. The molecule has 0 saturated carbocycles. The number of aliphatic hydroxyl groups is 2. The first-order chi connectivity index (χ1) is 19.6. The SMILES string of the molecule is CC1=C[C@@H](O)CC(C)(C)[C@H]1/C=C/C(C)=C/C=C/C(C)=C/C=C/C=C(C)/C=C/C=C(C)/C=C/[C@H]1C(C)=C[C@H](O)CC1(C)C. The molecule has 0 bridgehead atoms. The highest BCUT2D eigenvalue weighted by molar-refractivity contribution is 5.33. The van der Waals surface area contributed by atoms with Gasteiger partial charge in [0.25, 0.3) is 0 Å². The highest BCUT2D eigenvalue weighted by Gasteiger charge is 2.35. The van der Waals surface area contributed by atoms with E-state index in [1.54, 1.807) is 0 Å². The van der Waals surface area contributed by atoms with Gasteiger partial charge in [-0.15, -0.1) is 0 Å². The molecule has 0 fully saturated rings. The minimum Gasteiger partial charge on any atom is -0.389 e. The Labute approximate surface area is 257 Å². The van der Waals surface area contributed by atoms with E-state index < -0.39 is 0 Å². The molecule has 0 spiro atoms. The van der Waals surface area contributed by atoms with Gasteiger partial charge in [-0.05, 0) is 65.2 Å². The topological polar surface area (TPSA) is 40.5 Å². The fourth-order valence-corrected chi connectivity index (χ4v) is 6.16. The highest BCUT2D eigenvalue weighted by Crippen LogP contribution is 2.42. The summed E-state index contributed by atoms with van der Waals surface area (Å²) in [6.07, 6.45) is 35.0. The Balaban J connectivity index is 1.89. The predicted molar refractivity (Wildman–Crippen MR) is 184 cm³/mol. The average molecular weight is 569 g/mol. The van der Waals surface area contributed by atoms with Gasteiger partial charge >= 0.3 is 0 Å². The van der Waals surface area contributed by atoms with Crippen LogP contribution in [0.5, 0.6) is 0 Å². The van der Waals surface area contributed by atoms with Gasteiger partial charge in [-0.3, -0.25) is 0 Å². The zero-order valence-electron chi connectivity index (χ0n) is 27.9. The molecule has 228 valence electrons. The third kappa shape index (κ3) is 11.7. The summed E-state index contributed by atoms with van der Waals surface area (Å²) in [5.41, 5.74) is 7.40. The second kappa shape index (κ2) is 16.1. The largest absolute Gasteiger partial charge is 0.389 e. The third-order valence-corrected chi connectivity index (χ3v) is 8.41. The van der Waals surface area contributed by atoms with Crippen LogP contribution in [0.2, 0.25) is 0 Å². The molecule has 4 atom stereocenters. The quantitative estimate of drug-likeness (QED) is 0.203. The van der Waals surface area contributed by atoms with Gasteiger partial charge in [0, 0.05) is 11.8 Å². The van der Waals surface area contributed by atoms with Crippen molar-refractivity contribution < 1.29 is 10.2 Å². The second-order valence-electron chi connectivity index (χ2n) is 13.8. The lowest BCUT2D eigenvalue weighted by Crippen LogP contribution is -2.32. The van der Waals surface area contributed by atoms with Crippen molar-refractivity contribution in [3.05, 3.63) is 131 Å². The molecule has 0 aromatic rings. The van der Waals surface area contributed by atoms with Crippen molar-refractivity contribution in [3.63, 3.8) is 0 Å². The minimum atomic E-state index is -0.331. The molecule has 2 N–H and O–H groups in total. The van der Waals surface area contributed by atoms with Crippen molar-refractivity contribution in [1.29, 1.82) is 0 Å². The Hall–Kier alpha value is -2.94. The first-order valence-corrected chi connectivity index (χ1v) is 15.4. The third-order valence-electron chi connectivity index (χ3n) is 8.41. The number of hydrogen-bond acceptors (Lipinski definition) is 2. The van der Waals surface area contributed by atoms with E-state index in [2.05, 4.69) is 154 Å². The fraction of sp³-hybridized carbons (Fsp3) is 0.450. The molecular formula is C40H56O2. The predicted octanol–water partition coefficient (Wildman–Crippen LogP) is 10.3. The van der Waals surface area contributed by atoms with Crippen molar-refractivity contribution >= 4 is 0 Å². The van der Waals surface area contributed by atoms with Gasteiger partial charge in [-0.25, -0.2) is 0 Å². The van der Waals surface area contributed by atoms with E-state index in [-0.39, 0.29) is 23.0 Å². The average Bonchev–Trinajstić information content (AvgIpc) is 2.84. The van der Waals surface area contributed by atoms with Crippen LogP contribution >= 0.6 is 0 Å². The van der Waals surface area contributed by atoms with Gasteiger partial charge < -0.3 is 10.2 Å². The maximum atomic E-state index is 10.1. The molecule has 2 heteroatoms. The van der Waals surface area contributed by atoms with E-state index in [4.69, 9.17) is 0 Å². The summed E-state index contributed by atoms with van der Waals surface area (Å²) in [4.78, 5) is 0. The van der Waals surface area contributed by atoms with Gasteiger partial charge in [0.1, 0.15) is 0 Å². The minimum absolute atomic E-state index is 0.0574. The first-order valence-electron chi connectivity index (χ1n) is 15.4. The van der Waals surface area contributed by atoms with Gasteiger partial charge in [0.05, 0.1) is 12.2 Å². The normalized spacial score (nSPS) is 28.1. The zero-order valence-corrected chi connectivity index (χ0v) is 27.9. The Bertz CT molecular complexity index is 1160. The van der Waals surface area contributed by atoms with Gasteiger partial charge in [0.2, 0.25) is 0 Å². The molecule has 0 aromatic carbocycles. The van der Waals surface area contributed by atoms with Crippen LogP contribution in [0.4, 0.5) is 0 Å². The van der Waals surface area contributed by atoms with Crippen LogP contribution in [0.1, 0.15) is 82.1 Å². The van der Waals surface area contributed by atoms with Crippen molar-refractivity contribution in [2.24, 2.45) is 22.7 Å². The summed E-state index contributed by atoms with van der Waals surface area (Å²) >= 11 is 0. The summed E-state index contributed by atoms with van der Waals surface area (Å²) in [5.74, 6) is 0.696. The molecule has 2 rings (SSSR count). The number of aliphatic hydroxyl groups excluding tert-OH is 2. The lowest BCUT2D eigenvalue weighted by Gasteiger charge is -2.38. The molecule has 42 heavy (non-hydrogen) atoms. The van der Waals surface area contributed by atoms with Crippen molar-refractivity contribution in [1.82, 2.24) is 0 Å². The van der Waals surface area contributed by atoms with E-state index >= 15 is 0 Å². The van der Waals surface area contributed by atoms with Crippen LogP contribution < -0.4 is 0 Å². The van der Waals surface area contributed by atoms with Crippen molar-refractivity contribution in [3.8, 4) is 0 Å².